The van der Waals surface area contributed by atoms with Crippen LogP contribution in [0.5, 0.6) is 11.5 Å². The minimum atomic E-state index is -0.796. The Kier molecular flexibility index (Phi) is 9.96. The zero-order valence-corrected chi connectivity index (χ0v) is 19.7. The van der Waals surface area contributed by atoms with Gasteiger partial charge in [0, 0.05) is 0 Å². The number of hydrogen-bond donors (Lipinski definition) is 6. The highest BCUT2D eigenvalue weighted by Crippen LogP contribution is 2.22. The summed E-state index contributed by atoms with van der Waals surface area (Å²) in [5.74, 6) is -0.445. The fourth-order valence-corrected chi connectivity index (χ4v) is 3.69. The van der Waals surface area contributed by atoms with Gasteiger partial charge in [-0.1, -0.05) is 0 Å². The molecule has 0 saturated carbocycles. The average molecular weight is 465 g/mol. The van der Waals surface area contributed by atoms with Gasteiger partial charge in [0.1, 0.15) is 11.5 Å². The zero-order chi connectivity index (χ0) is 23.3. The lowest BCUT2D eigenvalue weighted by molar-refractivity contribution is -0.124. The number of nitrogens with one attached hydrogen (secondary N) is 2. The normalized spacial score (nSPS) is 12.4. The molecule has 0 spiro atoms. The van der Waals surface area contributed by atoms with E-state index < -0.39 is 23.9 Å². The molecule has 2 aromatic carbocycles. The molecule has 8 nitrogen and oxygen atoms in total. The molecule has 32 heavy (non-hydrogen) atoms. The van der Waals surface area contributed by atoms with Crippen LogP contribution < -0.4 is 22.1 Å². The maximum Gasteiger partial charge on any atom is 0.238 e. The van der Waals surface area contributed by atoms with Crippen LogP contribution in [0.4, 0.5) is 0 Å². The summed E-state index contributed by atoms with van der Waals surface area (Å²) in [4.78, 5) is 24.6. The Bertz CT molecular complexity index is 857. The minimum Gasteiger partial charge on any atom is -0.508 e. The smallest absolute Gasteiger partial charge is 0.238 e. The maximum atomic E-state index is 12.3. The van der Waals surface area contributed by atoms with E-state index >= 15 is 0 Å². The number of phenolic OH excluding ortho intramolecular Hbond substituents is 2. The fraction of sp³-hybridized carbons (Fsp3) is 0.391. The molecule has 0 bridgehead atoms. The van der Waals surface area contributed by atoms with Crippen molar-refractivity contribution in [2.45, 2.75) is 52.6 Å². The van der Waals surface area contributed by atoms with Gasteiger partial charge >= 0.3 is 0 Å². The number of halogens is 1. The van der Waals surface area contributed by atoms with E-state index in [4.69, 9.17) is 11.5 Å². The Morgan fingerprint density at radius 1 is 0.750 bits per heavy atom. The summed E-state index contributed by atoms with van der Waals surface area (Å²) >= 11 is 0. The number of carbonyl (C=O) groups excluding carboxylic acids is 2. The lowest BCUT2D eigenvalue weighted by atomic mass is 9.96. The molecule has 0 heterocycles. The Balaban J connectivity index is 0.00000512. The molecule has 176 valence electrons. The van der Waals surface area contributed by atoms with Crippen molar-refractivity contribution in [1.29, 1.82) is 0 Å². The number of rotatable bonds is 8. The van der Waals surface area contributed by atoms with Crippen LogP contribution in [0.1, 0.15) is 33.4 Å². The molecule has 0 fully saturated rings. The minimum absolute atomic E-state index is 0. The predicted molar refractivity (Wildman–Crippen MR) is 127 cm³/mol. The van der Waals surface area contributed by atoms with Crippen LogP contribution >= 0.6 is 12.4 Å². The molecule has 2 atom stereocenters. The van der Waals surface area contributed by atoms with Gasteiger partial charge < -0.3 is 32.3 Å². The van der Waals surface area contributed by atoms with Crippen molar-refractivity contribution in [3.8, 4) is 11.5 Å². The van der Waals surface area contributed by atoms with Gasteiger partial charge in [-0.2, -0.15) is 0 Å². The molecule has 0 aromatic heterocycles. The Hall–Kier alpha value is -2.81. The topological polar surface area (TPSA) is 151 Å². The highest BCUT2D eigenvalue weighted by molar-refractivity contribution is 5.85. The SMILES string of the molecule is Cc1cc(O)cc(C)c1CC(N)C(=O)NCNC(=O)C(N)Cc1c(C)cc(O)cc1C.Cl. The van der Waals surface area contributed by atoms with Gasteiger partial charge in [0.25, 0.3) is 0 Å². The number of amides is 2. The molecule has 0 aliphatic carbocycles. The van der Waals surface area contributed by atoms with Crippen LogP contribution in [0.3, 0.4) is 0 Å². The number of carbonyl (C=O) groups is 2. The molecule has 9 heteroatoms. The molecule has 2 aromatic rings. The number of hydrogen-bond acceptors (Lipinski definition) is 6. The third kappa shape index (κ3) is 7.12. The van der Waals surface area contributed by atoms with E-state index in [-0.39, 0.29) is 30.6 Å². The van der Waals surface area contributed by atoms with E-state index in [9.17, 15) is 19.8 Å². The zero-order valence-electron chi connectivity index (χ0n) is 18.9. The van der Waals surface area contributed by atoms with E-state index in [1.54, 1.807) is 24.3 Å². The second kappa shape index (κ2) is 11.7. The van der Waals surface area contributed by atoms with Gasteiger partial charge in [-0.3, -0.25) is 9.59 Å². The predicted octanol–water partition coefficient (Wildman–Crippen LogP) is 1.38. The number of aryl methyl sites for hydroxylation is 4. The van der Waals surface area contributed by atoms with Crippen molar-refractivity contribution >= 4 is 24.2 Å². The molecule has 2 amide bonds. The van der Waals surface area contributed by atoms with E-state index in [2.05, 4.69) is 10.6 Å². The molecule has 0 saturated heterocycles. The lowest BCUT2D eigenvalue weighted by Gasteiger charge is -2.18. The summed E-state index contributed by atoms with van der Waals surface area (Å²) in [6.07, 6.45) is 0.632. The second-order valence-electron chi connectivity index (χ2n) is 8.00. The maximum absolute atomic E-state index is 12.3. The molecule has 8 N–H and O–H groups in total. The van der Waals surface area contributed by atoms with E-state index in [1.165, 1.54) is 0 Å². The van der Waals surface area contributed by atoms with Gasteiger partial charge in [-0.05, 0) is 98.2 Å². The number of phenols is 2. The molecular formula is C23H33ClN4O4. The van der Waals surface area contributed by atoms with Gasteiger partial charge in [0.05, 0.1) is 18.8 Å². The third-order valence-corrected chi connectivity index (χ3v) is 5.41. The summed E-state index contributed by atoms with van der Waals surface area (Å²) in [5, 5.41) is 24.5. The van der Waals surface area contributed by atoms with Crippen molar-refractivity contribution in [3.05, 3.63) is 57.6 Å². The first-order chi connectivity index (χ1) is 14.5. The first kappa shape index (κ1) is 27.2. The third-order valence-electron chi connectivity index (χ3n) is 5.41. The van der Waals surface area contributed by atoms with Crippen LogP contribution in [0.15, 0.2) is 24.3 Å². The van der Waals surface area contributed by atoms with Gasteiger partial charge in [-0.15, -0.1) is 12.4 Å². The average Bonchev–Trinajstić information content (AvgIpc) is 2.66. The fourth-order valence-electron chi connectivity index (χ4n) is 3.69. The highest BCUT2D eigenvalue weighted by atomic mass is 35.5. The largest absolute Gasteiger partial charge is 0.508 e. The number of benzene rings is 2. The van der Waals surface area contributed by atoms with E-state index in [0.29, 0.717) is 12.8 Å². The van der Waals surface area contributed by atoms with Crippen LogP contribution in [0.2, 0.25) is 0 Å². The first-order valence-electron chi connectivity index (χ1n) is 10.1. The standard InChI is InChI=1S/C23H32N4O4.ClH/c1-12-5-16(28)6-13(2)18(12)9-20(24)22(30)26-11-27-23(31)21(25)10-19-14(3)7-17(29)8-15(19)4;/h5-8,20-21,28-29H,9-11,24-25H2,1-4H3,(H,26,30)(H,27,31);1H. The summed E-state index contributed by atoms with van der Waals surface area (Å²) in [5.41, 5.74) is 17.3. The van der Waals surface area contributed by atoms with Gasteiger partial charge in [0.15, 0.2) is 0 Å². The van der Waals surface area contributed by atoms with Crippen molar-refractivity contribution in [3.63, 3.8) is 0 Å². The van der Waals surface area contributed by atoms with Gasteiger partial charge in [-0.25, -0.2) is 0 Å². The quantitative estimate of drug-likeness (QED) is 0.325. The van der Waals surface area contributed by atoms with Crippen LogP contribution in [0, 0.1) is 27.7 Å². The van der Waals surface area contributed by atoms with Crippen molar-refractivity contribution < 1.29 is 19.8 Å². The Morgan fingerprint density at radius 2 is 1.03 bits per heavy atom. The van der Waals surface area contributed by atoms with E-state index in [0.717, 1.165) is 33.4 Å². The van der Waals surface area contributed by atoms with Crippen molar-refractivity contribution in [2.24, 2.45) is 11.5 Å². The van der Waals surface area contributed by atoms with E-state index in [1.807, 2.05) is 27.7 Å². The monoisotopic (exact) mass is 464 g/mol. The summed E-state index contributed by atoms with van der Waals surface area (Å²) in [6.45, 7) is 7.33. The number of nitrogens with two attached hydrogens (primary N) is 2. The summed E-state index contributed by atoms with van der Waals surface area (Å²) < 4.78 is 0. The van der Waals surface area contributed by atoms with Gasteiger partial charge in [0.2, 0.25) is 11.8 Å². The van der Waals surface area contributed by atoms with Crippen LogP contribution in [0.25, 0.3) is 0 Å². The first-order valence-corrected chi connectivity index (χ1v) is 10.1. The highest BCUT2D eigenvalue weighted by Gasteiger charge is 2.19. The molecule has 2 rings (SSSR count). The number of aromatic hydroxyl groups is 2. The van der Waals surface area contributed by atoms with Crippen molar-refractivity contribution in [1.82, 2.24) is 10.6 Å². The second-order valence-corrected chi connectivity index (χ2v) is 8.00. The van der Waals surface area contributed by atoms with Crippen molar-refractivity contribution in [2.75, 3.05) is 6.67 Å². The Morgan fingerprint density at radius 3 is 1.31 bits per heavy atom. The summed E-state index contributed by atoms with van der Waals surface area (Å²) in [7, 11) is 0. The van der Waals surface area contributed by atoms with Crippen LogP contribution in [-0.4, -0.2) is 40.8 Å². The molecule has 0 aliphatic rings. The molecular weight excluding hydrogens is 432 g/mol. The molecule has 0 radical (unpaired) electrons. The lowest BCUT2D eigenvalue weighted by Crippen LogP contribution is -2.50. The molecule has 0 aliphatic heterocycles. The molecule has 2 unspecified atom stereocenters. The Labute approximate surface area is 194 Å². The van der Waals surface area contributed by atoms with Crippen LogP contribution in [-0.2, 0) is 22.4 Å². The summed E-state index contributed by atoms with van der Waals surface area (Å²) in [6, 6.07) is 4.93.